The van der Waals surface area contributed by atoms with Gasteiger partial charge >= 0.3 is 6.18 Å². The third-order valence-electron chi connectivity index (χ3n) is 2.30. The molecule has 4 nitrogen and oxygen atoms in total. The average Bonchev–Trinajstić information content (AvgIpc) is 2.84. The number of alkyl halides is 3. The molecule has 1 aromatic heterocycles. The van der Waals surface area contributed by atoms with Crippen LogP contribution in [0, 0.1) is 23.3 Å². The van der Waals surface area contributed by atoms with Gasteiger partial charge in [-0.25, -0.2) is 22.2 Å². The first-order valence-electron chi connectivity index (χ1n) is 5.00. The normalized spacial score (nSPS) is 11.8. The predicted molar refractivity (Wildman–Crippen MR) is 51.6 cm³/mol. The molecule has 0 atom stereocenters. The summed E-state index contributed by atoms with van der Waals surface area (Å²) in [5, 5.41) is 5.62. The van der Waals surface area contributed by atoms with E-state index in [9.17, 15) is 35.5 Å². The summed E-state index contributed by atoms with van der Waals surface area (Å²) in [5.41, 5.74) is -2.72. The van der Waals surface area contributed by atoms with Gasteiger partial charge in [-0.2, -0.15) is 13.2 Å². The molecule has 1 heterocycles. The van der Waals surface area contributed by atoms with Crippen molar-refractivity contribution >= 4 is 5.78 Å². The lowest BCUT2D eigenvalue weighted by molar-refractivity contribution is -0.0888. The fourth-order valence-corrected chi connectivity index (χ4v) is 1.38. The van der Waals surface area contributed by atoms with E-state index in [2.05, 4.69) is 10.3 Å². The van der Waals surface area contributed by atoms with Crippen LogP contribution >= 0.6 is 0 Å². The van der Waals surface area contributed by atoms with E-state index in [4.69, 9.17) is 0 Å². The maximum Gasteiger partial charge on any atom is 0.456 e. The van der Waals surface area contributed by atoms with Gasteiger partial charge in [0, 0.05) is 6.07 Å². The van der Waals surface area contributed by atoms with E-state index in [1.165, 1.54) is 0 Å². The topological polar surface area (TPSA) is 47.8 Å². The maximum absolute atomic E-state index is 13.4. The number of Topliss-reactive ketones (excluding diaryl/α,β-unsaturated/α-hetero) is 1. The first-order chi connectivity index (χ1) is 9.62. The van der Waals surface area contributed by atoms with Crippen LogP contribution in [0.25, 0.3) is 5.69 Å². The minimum absolute atomic E-state index is 0.00417. The number of hydrogen-bond acceptors (Lipinski definition) is 3. The monoisotopic (exact) mass is 313 g/mol. The molecule has 0 aliphatic rings. The zero-order valence-electron chi connectivity index (χ0n) is 9.55. The third kappa shape index (κ3) is 2.58. The molecule has 0 saturated heterocycles. The highest BCUT2D eigenvalue weighted by Crippen LogP contribution is 2.24. The van der Waals surface area contributed by atoms with E-state index in [0.717, 1.165) is 0 Å². The molecule has 0 amide bonds. The number of carbonyl (C=O) groups excluding carboxylic acids is 1. The number of aromatic nitrogens is 3. The molecule has 0 N–H and O–H groups in total. The Kier molecular flexibility index (Phi) is 3.43. The van der Waals surface area contributed by atoms with Crippen LogP contribution < -0.4 is 0 Å². The summed E-state index contributed by atoms with van der Waals surface area (Å²) in [7, 11) is 0. The van der Waals surface area contributed by atoms with Crippen molar-refractivity contribution in [2.75, 3.05) is 0 Å². The summed E-state index contributed by atoms with van der Waals surface area (Å²) in [4.78, 5) is 10.8. The van der Waals surface area contributed by atoms with Crippen molar-refractivity contribution in [3.05, 3.63) is 41.2 Å². The Morgan fingerprint density at radius 2 is 1.57 bits per heavy atom. The zero-order valence-corrected chi connectivity index (χ0v) is 9.55. The average molecular weight is 313 g/mol. The van der Waals surface area contributed by atoms with Gasteiger partial charge in [0.15, 0.2) is 29.0 Å². The van der Waals surface area contributed by atoms with Crippen LogP contribution in [-0.2, 0) is 0 Å². The second kappa shape index (κ2) is 4.82. The largest absolute Gasteiger partial charge is 0.456 e. The molecule has 2 rings (SSSR count). The molecule has 11 heteroatoms. The number of nitrogens with zero attached hydrogens (tertiary/aromatic N) is 3. The van der Waals surface area contributed by atoms with Crippen LogP contribution in [0.5, 0.6) is 0 Å². The molecule has 1 aromatic carbocycles. The zero-order chi connectivity index (χ0) is 15.9. The Balaban J connectivity index is 2.56. The fourth-order valence-electron chi connectivity index (χ4n) is 1.38. The molecule has 0 aliphatic heterocycles. The lowest BCUT2D eigenvalue weighted by Crippen LogP contribution is -2.23. The highest BCUT2D eigenvalue weighted by Gasteiger charge is 2.41. The molecular formula is C10H2F7N3O. The van der Waals surface area contributed by atoms with Crippen LogP contribution in [0.2, 0.25) is 0 Å². The van der Waals surface area contributed by atoms with Crippen molar-refractivity contribution < 1.29 is 35.5 Å². The van der Waals surface area contributed by atoms with Crippen LogP contribution in [-0.4, -0.2) is 27.0 Å². The quantitative estimate of drug-likeness (QED) is 0.486. The summed E-state index contributed by atoms with van der Waals surface area (Å²) < 4.78 is 89.1. The molecule has 112 valence electrons. The molecule has 0 aliphatic carbocycles. The Bertz CT molecular complexity index is 696. The van der Waals surface area contributed by atoms with Gasteiger partial charge in [0.25, 0.3) is 5.78 Å². The number of benzene rings is 1. The predicted octanol–water partition coefficient (Wildman–Crippen LogP) is 2.57. The van der Waals surface area contributed by atoms with Crippen molar-refractivity contribution in [2.45, 2.75) is 6.18 Å². The van der Waals surface area contributed by atoms with Gasteiger partial charge in [-0.15, -0.1) is 5.10 Å². The number of hydrogen-bond donors (Lipinski definition) is 0. The lowest BCUT2D eigenvalue weighted by atomic mass is 10.2. The van der Waals surface area contributed by atoms with Crippen LogP contribution in [0.4, 0.5) is 30.7 Å². The summed E-state index contributed by atoms with van der Waals surface area (Å²) in [6.07, 6.45) is -5.08. The molecule has 0 fully saturated rings. The van der Waals surface area contributed by atoms with Gasteiger partial charge in [-0.05, 0) is 0 Å². The molecule has 0 unspecified atom stereocenters. The van der Waals surface area contributed by atoms with E-state index in [1.54, 1.807) is 0 Å². The minimum Gasteiger partial charge on any atom is -0.282 e. The summed E-state index contributed by atoms with van der Waals surface area (Å²) in [5.74, 6) is -9.80. The number of halogens is 7. The second-order valence-corrected chi connectivity index (χ2v) is 3.69. The van der Waals surface area contributed by atoms with Gasteiger partial charge in [0.1, 0.15) is 5.69 Å². The Hall–Kier alpha value is -2.46. The van der Waals surface area contributed by atoms with Gasteiger partial charge in [0.2, 0.25) is 0 Å². The third-order valence-corrected chi connectivity index (χ3v) is 2.30. The van der Waals surface area contributed by atoms with E-state index >= 15 is 0 Å². The standard InChI is InChI=1S/C10H2F7N3O/c11-3-1-4(12)7(14)8(6(3)13)20-2-5(18-19-20)9(21)10(15,16)17/h1-2H. The molecule has 2 aromatic rings. The van der Waals surface area contributed by atoms with Gasteiger partial charge in [0.05, 0.1) is 6.20 Å². The van der Waals surface area contributed by atoms with Crippen molar-refractivity contribution in [3.63, 3.8) is 0 Å². The van der Waals surface area contributed by atoms with Gasteiger partial charge in [-0.1, -0.05) is 5.21 Å². The van der Waals surface area contributed by atoms with E-state index in [-0.39, 0.29) is 16.9 Å². The minimum atomic E-state index is -5.29. The number of carbonyl (C=O) groups is 1. The van der Waals surface area contributed by atoms with E-state index in [0.29, 0.717) is 0 Å². The van der Waals surface area contributed by atoms with E-state index in [1.807, 2.05) is 0 Å². The molecule has 0 radical (unpaired) electrons. The number of ketones is 1. The fraction of sp³-hybridized carbons (Fsp3) is 0.100. The smallest absolute Gasteiger partial charge is 0.282 e. The summed E-state index contributed by atoms with van der Waals surface area (Å²) in [6, 6.07) is -0.0904. The van der Waals surface area contributed by atoms with Crippen LogP contribution in [0.1, 0.15) is 10.5 Å². The molecule has 0 saturated carbocycles. The first-order valence-corrected chi connectivity index (χ1v) is 5.00. The summed E-state index contributed by atoms with van der Waals surface area (Å²) >= 11 is 0. The highest BCUT2D eigenvalue weighted by atomic mass is 19.4. The van der Waals surface area contributed by atoms with Crippen LogP contribution in [0.15, 0.2) is 12.3 Å². The Labute approximate surface area is 110 Å². The second-order valence-electron chi connectivity index (χ2n) is 3.69. The Morgan fingerprint density at radius 3 is 2.05 bits per heavy atom. The van der Waals surface area contributed by atoms with Gasteiger partial charge in [-0.3, -0.25) is 4.79 Å². The van der Waals surface area contributed by atoms with E-state index < -0.39 is 46.6 Å². The van der Waals surface area contributed by atoms with Gasteiger partial charge < -0.3 is 0 Å². The SMILES string of the molecule is O=C(c1cn(-c2c(F)c(F)cc(F)c2F)nn1)C(F)(F)F. The van der Waals surface area contributed by atoms with Crippen molar-refractivity contribution in [3.8, 4) is 5.69 Å². The molecular weight excluding hydrogens is 311 g/mol. The maximum atomic E-state index is 13.4. The molecule has 21 heavy (non-hydrogen) atoms. The van der Waals surface area contributed by atoms with Crippen molar-refractivity contribution in [1.82, 2.24) is 15.0 Å². The molecule has 0 bridgehead atoms. The Morgan fingerprint density at radius 1 is 1.05 bits per heavy atom. The van der Waals surface area contributed by atoms with Crippen molar-refractivity contribution in [2.24, 2.45) is 0 Å². The highest BCUT2D eigenvalue weighted by molar-refractivity contribution is 5.98. The van der Waals surface area contributed by atoms with Crippen LogP contribution in [0.3, 0.4) is 0 Å². The first kappa shape index (κ1) is 14.9. The number of rotatable bonds is 2. The summed E-state index contributed by atoms with van der Waals surface area (Å²) in [6.45, 7) is 0. The lowest BCUT2D eigenvalue weighted by Gasteiger charge is -2.05. The molecule has 0 spiro atoms. The van der Waals surface area contributed by atoms with Crippen molar-refractivity contribution in [1.29, 1.82) is 0 Å².